The van der Waals surface area contributed by atoms with Gasteiger partial charge in [-0.2, -0.15) is 0 Å². The SMILES string of the molecule is COCCc1ccccc1-c1ccc(C(=O)O)n1C(C)C. The first-order chi connectivity index (χ1) is 10.1. The van der Waals surface area contributed by atoms with Gasteiger partial charge in [0.05, 0.1) is 6.61 Å². The van der Waals surface area contributed by atoms with Crippen LogP contribution in [0.5, 0.6) is 0 Å². The third-order valence-corrected chi connectivity index (χ3v) is 3.52. The number of aromatic nitrogens is 1. The van der Waals surface area contributed by atoms with Crippen LogP contribution < -0.4 is 0 Å². The number of benzene rings is 1. The quantitative estimate of drug-likeness (QED) is 0.882. The van der Waals surface area contributed by atoms with Crippen molar-refractivity contribution in [2.24, 2.45) is 0 Å². The number of rotatable bonds is 6. The van der Waals surface area contributed by atoms with E-state index >= 15 is 0 Å². The van der Waals surface area contributed by atoms with Gasteiger partial charge in [0, 0.05) is 24.4 Å². The Kier molecular flexibility index (Phi) is 4.81. The van der Waals surface area contributed by atoms with Crippen LogP contribution in [0.3, 0.4) is 0 Å². The van der Waals surface area contributed by atoms with Crippen molar-refractivity contribution in [1.82, 2.24) is 4.57 Å². The molecule has 4 heteroatoms. The number of carboxylic acids is 1. The number of nitrogens with zero attached hydrogens (tertiary/aromatic N) is 1. The van der Waals surface area contributed by atoms with Crippen molar-refractivity contribution in [1.29, 1.82) is 0 Å². The molecule has 0 saturated heterocycles. The van der Waals surface area contributed by atoms with Gasteiger partial charge in [-0.1, -0.05) is 24.3 Å². The van der Waals surface area contributed by atoms with Gasteiger partial charge in [-0.15, -0.1) is 0 Å². The van der Waals surface area contributed by atoms with E-state index in [0.717, 1.165) is 23.2 Å². The summed E-state index contributed by atoms with van der Waals surface area (Å²) in [4.78, 5) is 11.4. The van der Waals surface area contributed by atoms with Crippen molar-refractivity contribution in [2.75, 3.05) is 13.7 Å². The summed E-state index contributed by atoms with van der Waals surface area (Å²) >= 11 is 0. The molecule has 1 N–H and O–H groups in total. The Morgan fingerprint density at radius 2 is 1.95 bits per heavy atom. The molecule has 0 amide bonds. The smallest absolute Gasteiger partial charge is 0.352 e. The summed E-state index contributed by atoms with van der Waals surface area (Å²) in [5, 5.41) is 9.34. The van der Waals surface area contributed by atoms with Crippen molar-refractivity contribution in [3.05, 3.63) is 47.7 Å². The molecule has 1 heterocycles. The topological polar surface area (TPSA) is 51.5 Å². The molecule has 21 heavy (non-hydrogen) atoms. The molecule has 112 valence electrons. The summed E-state index contributed by atoms with van der Waals surface area (Å²) in [6, 6.07) is 11.7. The largest absolute Gasteiger partial charge is 0.477 e. The van der Waals surface area contributed by atoms with Crippen molar-refractivity contribution in [3.8, 4) is 11.3 Å². The van der Waals surface area contributed by atoms with Crippen LogP contribution in [-0.4, -0.2) is 29.4 Å². The Morgan fingerprint density at radius 1 is 1.24 bits per heavy atom. The van der Waals surface area contributed by atoms with E-state index in [1.54, 1.807) is 13.2 Å². The highest BCUT2D eigenvalue weighted by Gasteiger charge is 2.18. The minimum Gasteiger partial charge on any atom is -0.477 e. The van der Waals surface area contributed by atoms with Crippen LogP contribution in [0.1, 0.15) is 35.9 Å². The second kappa shape index (κ2) is 6.59. The highest BCUT2D eigenvalue weighted by molar-refractivity contribution is 5.87. The Bertz CT molecular complexity index is 629. The first-order valence-corrected chi connectivity index (χ1v) is 7.08. The van der Waals surface area contributed by atoms with E-state index < -0.39 is 5.97 Å². The van der Waals surface area contributed by atoms with Gasteiger partial charge < -0.3 is 14.4 Å². The molecule has 0 aliphatic carbocycles. The van der Waals surface area contributed by atoms with Crippen molar-refractivity contribution < 1.29 is 14.6 Å². The lowest BCUT2D eigenvalue weighted by Crippen LogP contribution is -2.12. The zero-order valence-corrected chi connectivity index (χ0v) is 12.7. The number of hydrogen-bond acceptors (Lipinski definition) is 2. The van der Waals surface area contributed by atoms with Crippen molar-refractivity contribution in [3.63, 3.8) is 0 Å². The molecule has 0 unspecified atom stereocenters. The molecular weight excluding hydrogens is 266 g/mol. The van der Waals surface area contributed by atoms with Crippen molar-refractivity contribution in [2.45, 2.75) is 26.3 Å². The molecule has 0 bridgehead atoms. The van der Waals surface area contributed by atoms with Crippen molar-refractivity contribution >= 4 is 5.97 Å². The molecular formula is C17H21NO3. The summed E-state index contributed by atoms with van der Waals surface area (Å²) in [5.74, 6) is -0.899. The van der Waals surface area contributed by atoms with Gasteiger partial charge in [0.1, 0.15) is 5.69 Å². The third-order valence-electron chi connectivity index (χ3n) is 3.52. The fourth-order valence-electron chi connectivity index (χ4n) is 2.60. The fraction of sp³-hybridized carbons (Fsp3) is 0.353. The maximum atomic E-state index is 11.4. The third kappa shape index (κ3) is 3.16. The van der Waals surface area contributed by atoms with E-state index in [4.69, 9.17) is 4.74 Å². The Morgan fingerprint density at radius 3 is 2.57 bits per heavy atom. The van der Waals surface area contributed by atoms with E-state index in [-0.39, 0.29) is 6.04 Å². The number of methoxy groups -OCH3 is 1. The normalized spacial score (nSPS) is 11.0. The molecule has 0 spiro atoms. The van der Waals surface area contributed by atoms with Gasteiger partial charge in [-0.25, -0.2) is 4.79 Å². The first kappa shape index (κ1) is 15.3. The van der Waals surface area contributed by atoms with Gasteiger partial charge >= 0.3 is 5.97 Å². The molecule has 2 aromatic rings. The molecule has 0 saturated carbocycles. The average Bonchev–Trinajstić information content (AvgIpc) is 2.90. The van der Waals surface area contributed by atoms with Gasteiger partial charge in [0.2, 0.25) is 0 Å². The minimum atomic E-state index is -0.899. The summed E-state index contributed by atoms with van der Waals surface area (Å²) in [6.45, 7) is 4.63. The van der Waals surface area contributed by atoms with E-state index in [9.17, 15) is 9.90 Å². The number of carboxylic acid groups (broad SMARTS) is 1. The van der Waals surface area contributed by atoms with E-state index in [1.807, 2.05) is 42.7 Å². The summed E-state index contributed by atoms with van der Waals surface area (Å²) in [6.07, 6.45) is 0.804. The lowest BCUT2D eigenvalue weighted by Gasteiger charge is -2.17. The van der Waals surface area contributed by atoms with Crippen LogP contribution in [-0.2, 0) is 11.2 Å². The molecule has 0 aliphatic heterocycles. The van der Waals surface area contributed by atoms with Crippen LogP contribution in [0, 0.1) is 0 Å². The Hall–Kier alpha value is -2.07. The summed E-state index contributed by atoms with van der Waals surface area (Å²) in [7, 11) is 1.68. The second-order valence-corrected chi connectivity index (χ2v) is 5.27. The number of hydrogen-bond donors (Lipinski definition) is 1. The standard InChI is InChI=1S/C17H21NO3/c1-12(2)18-15(8-9-16(18)17(19)20)14-7-5-4-6-13(14)10-11-21-3/h4-9,12H,10-11H2,1-3H3,(H,19,20). The van der Waals surface area contributed by atoms with Crippen LogP contribution in [0.25, 0.3) is 11.3 Å². The maximum absolute atomic E-state index is 11.4. The first-order valence-electron chi connectivity index (χ1n) is 7.08. The number of carbonyl (C=O) groups is 1. The molecule has 1 aromatic heterocycles. The zero-order chi connectivity index (χ0) is 15.4. The lowest BCUT2D eigenvalue weighted by atomic mass is 10.0. The van der Waals surface area contributed by atoms with E-state index in [0.29, 0.717) is 12.3 Å². The highest BCUT2D eigenvalue weighted by atomic mass is 16.5. The van der Waals surface area contributed by atoms with Gasteiger partial charge in [0.25, 0.3) is 0 Å². The van der Waals surface area contributed by atoms with Gasteiger partial charge in [-0.05, 0) is 38.0 Å². The average molecular weight is 287 g/mol. The fourth-order valence-corrected chi connectivity index (χ4v) is 2.60. The maximum Gasteiger partial charge on any atom is 0.352 e. The van der Waals surface area contributed by atoms with Crippen LogP contribution in [0.15, 0.2) is 36.4 Å². The summed E-state index contributed by atoms with van der Waals surface area (Å²) < 4.78 is 7.03. The Labute approximate surface area is 125 Å². The molecule has 0 radical (unpaired) electrons. The predicted octanol–water partition coefficient (Wildman–Crippen LogP) is 3.62. The molecule has 0 aliphatic rings. The van der Waals surface area contributed by atoms with Crippen LogP contribution >= 0.6 is 0 Å². The van der Waals surface area contributed by atoms with Crippen LogP contribution in [0.4, 0.5) is 0 Å². The zero-order valence-electron chi connectivity index (χ0n) is 12.7. The van der Waals surface area contributed by atoms with E-state index in [1.165, 1.54) is 0 Å². The monoisotopic (exact) mass is 287 g/mol. The molecule has 0 fully saturated rings. The highest BCUT2D eigenvalue weighted by Crippen LogP contribution is 2.29. The Balaban J connectivity index is 2.54. The minimum absolute atomic E-state index is 0.0802. The molecule has 1 aromatic carbocycles. The van der Waals surface area contributed by atoms with Gasteiger partial charge in [-0.3, -0.25) is 0 Å². The molecule has 2 rings (SSSR count). The number of ether oxygens (including phenoxy) is 1. The van der Waals surface area contributed by atoms with Gasteiger partial charge in [0.15, 0.2) is 0 Å². The summed E-state index contributed by atoms with van der Waals surface area (Å²) in [5.41, 5.74) is 3.49. The molecule has 0 atom stereocenters. The predicted molar refractivity (Wildman–Crippen MR) is 82.8 cm³/mol. The van der Waals surface area contributed by atoms with Crippen LogP contribution in [0.2, 0.25) is 0 Å². The lowest BCUT2D eigenvalue weighted by molar-refractivity contribution is 0.0683. The number of aromatic carboxylic acids is 1. The van der Waals surface area contributed by atoms with E-state index in [2.05, 4.69) is 6.07 Å². The second-order valence-electron chi connectivity index (χ2n) is 5.27. The molecule has 4 nitrogen and oxygen atoms in total.